The van der Waals surface area contributed by atoms with Crippen molar-refractivity contribution in [3.05, 3.63) is 41.0 Å². The summed E-state index contributed by atoms with van der Waals surface area (Å²) >= 11 is -3.51. The van der Waals surface area contributed by atoms with Gasteiger partial charge in [0.15, 0.2) is 0 Å². The predicted molar refractivity (Wildman–Crippen MR) is 102 cm³/mol. The van der Waals surface area contributed by atoms with E-state index in [0.29, 0.717) is 0 Å². The molecular formula is C20H30Cl2Zr. The van der Waals surface area contributed by atoms with Crippen LogP contribution in [0.15, 0.2) is 41.0 Å². The number of hydrogen-bond acceptors (Lipinski definition) is 0. The fraction of sp³-hybridized carbons (Fsp3) is 0.600. The SMILES string of the molecule is CCCCC1=CCC(C)=[C]1[Zr]([Cl])([Cl])[C]1=C(C)CC=C1CCCC. The van der Waals surface area contributed by atoms with Crippen molar-refractivity contribution in [3.8, 4) is 0 Å². The summed E-state index contributed by atoms with van der Waals surface area (Å²) in [6, 6.07) is 0. The molecule has 0 saturated carbocycles. The van der Waals surface area contributed by atoms with Crippen molar-refractivity contribution in [3.63, 3.8) is 0 Å². The van der Waals surface area contributed by atoms with Gasteiger partial charge in [0.2, 0.25) is 0 Å². The summed E-state index contributed by atoms with van der Waals surface area (Å²) in [6.45, 7) is 8.97. The second-order valence-corrected chi connectivity index (χ2v) is 20.1. The van der Waals surface area contributed by atoms with Crippen molar-refractivity contribution in [2.24, 2.45) is 0 Å². The van der Waals surface area contributed by atoms with Gasteiger partial charge in [0.25, 0.3) is 0 Å². The van der Waals surface area contributed by atoms with Crippen LogP contribution in [0.5, 0.6) is 0 Å². The average molecular weight is 433 g/mol. The van der Waals surface area contributed by atoms with E-state index in [-0.39, 0.29) is 0 Å². The molecule has 0 aromatic rings. The van der Waals surface area contributed by atoms with E-state index in [0.717, 1.165) is 25.7 Å². The first-order valence-electron chi connectivity index (χ1n) is 9.10. The molecule has 0 radical (unpaired) electrons. The van der Waals surface area contributed by atoms with Crippen LogP contribution < -0.4 is 0 Å². The number of rotatable bonds is 8. The molecule has 0 unspecified atom stereocenters. The van der Waals surface area contributed by atoms with Crippen LogP contribution in [0.2, 0.25) is 0 Å². The standard InChI is InChI=1S/2C10H15.2ClH.Zr/c2*1-3-4-5-10-7-6-9(2)8-10;;;/h2*7H,3-6H2,1-2H3;2*1H;/q;;;;+2/p-2. The molecule has 0 aliphatic heterocycles. The van der Waals surface area contributed by atoms with Crippen molar-refractivity contribution >= 4 is 17.0 Å². The molecule has 0 atom stereocenters. The monoisotopic (exact) mass is 430 g/mol. The number of halogens is 2. The van der Waals surface area contributed by atoms with Crippen LogP contribution in [-0.2, 0) is 17.9 Å². The Kier molecular flexibility index (Phi) is 7.46. The number of hydrogen-bond donors (Lipinski definition) is 0. The Morgan fingerprint density at radius 3 is 1.57 bits per heavy atom. The Labute approximate surface area is 154 Å². The van der Waals surface area contributed by atoms with E-state index in [1.54, 1.807) is 0 Å². The molecule has 0 heterocycles. The minimum atomic E-state index is -3.51. The van der Waals surface area contributed by atoms with Gasteiger partial charge in [0, 0.05) is 0 Å². The first-order chi connectivity index (χ1) is 10.9. The fourth-order valence-electron chi connectivity index (χ4n) is 3.76. The Bertz CT molecular complexity index is 526. The van der Waals surface area contributed by atoms with Crippen LogP contribution >= 0.6 is 17.0 Å². The Morgan fingerprint density at radius 2 is 1.22 bits per heavy atom. The quantitative estimate of drug-likeness (QED) is 0.364. The molecule has 0 fully saturated rings. The molecule has 2 aliphatic carbocycles. The van der Waals surface area contributed by atoms with Gasteiger partial charge in [-0.2, -0.15) is 0 Å². The van der Waals surface area contributed by atoms with E-state index in [1.807, 2.05) is 0 Å². The first-order valence-corrected chi connectivity index (χ1v) is 17.9. The Hall–Kier alpha value is 0.423. The molecule has 2 rings (SSSR count). The van der Waals surface area contributed by atoms with Crippen LogP contribution in [-0.4, -0.2) is 0 Å². The zero-order valence-corrected chi connectivity index (χ0v) is 19.0. The van der Waals surface area contributed by atoms with Gasteiger partial charge >= 0.3 is 155 Å². The molecule has 0 saturated heterocycles. The van der Waals surface area contributed by atoms with E-state index in [9.17, 15) is 0 Å². The average Bonchev–Trinajstić information content (AvgIpc) is 3.06. The second-order valence-electron chi connectivity index (χ2n) is 6.96. The van der Waals surface area contributed by atoms with Gasteiger partial charge in [0.05, 0.1) is 0 Å². The zero-order chi connectivity index (χ0) is 17.0. The summed E-state index contributed by atoms with van der Waals surface area (Å²) in [5.41, 5.74) is 5.79. The van der Waals surface area contributed by atoms with Crippen molar-refractivity contribution in [2.75, 3.05) is 0 Å². The third-order valence-corrected chi connectivity index (χ3v) is 16.3. The number of allylic oxidation sites excluding steroid dienone is 8. The van der Waals surface area contributed by atoms with Crippen molar-refractivity contribution < 1.29 is 17.9 Å². The topological polar surface area (TPSA) is 0 Å². The molecule has 2 aliphatic rings. The van der Waals surface area contributed by atoms with Gasteiger partial charge in [-0.15, -0.1) is 0 Å². The zero-order valence-electron chi connectivity index (χ0n) is 15.1. The first kappa shape index (κ1) is 19.7. The minimum absolute atomic E-state index is 1.05. The summed E-state index contributed by atoms with van der Waals surface area (Å²) in [6.07, 6.45) is 14.1. The van der Waals surface area contributed by atoms with Gasteiger partial charge in [-0.1, -0.05) is 0 Å². The maximum atomic E-state index is 7.26. The van der Waals surface area contributed by atoms with Crippen molar-refractivity contribution in [2.45, 2.75) is 79.1 Å². The molecule has 0 aromatic carbocycles. The van der Waals surface area contributed by atoms with Crippen molar-refractivity contribution in [1.82, 2.24) is 0 Å². The molecule has 0 nitrogen and oxygen atoms in total. The van der Waals surface area contributed by atoms with E-state index >= 15 is 0 Å². The van der Waals surface area contributed by atoms with Crippen LogP contribution in [0.4, 0.5) is 0 Å². The van der Waals surface area contributed by atoms with Crippen LogP contribution in [0, 0.1) is 0 Å². The van der Waals surface area contributed by atoms with Crippen LogP contribution in [0.1, 0.15) is 79.1 Å². The van der Waals surface area contributed by atoms with Gasteiger partial charge in [-0.25, -0.2) is 0 Å². The normalized spacial score (nSPS) is 18.9. The van der Waals surface area contributed by atoms with E-state index in [4.69, 9.17) is 17.0 Å². The van der Waals surface area contributed by atoms with E-state index in [1.165, 1.54) is 54.5 Å². The molecule has 0 amide bonds. The Morgan fingerprint density at radius 1 is 0.826 bits per heavy atom. The van der Waals surface area contributed by atoms with Gasteiger partial charge < -0.3 is 0 Å². The van der Waals surface area contributed by atoms with Crippen LogP contribution in [0.3, 0.4) is 0 Å². The molecule has 3 heteroatoms. The maximum absolute atomic E-state index is 7.26. The fourth-order valence-corrected chi connectivity index (χ4v) is 17.3. The summed E-state index contributed by atoms with van der Waals surface area (Å²) in [4.78, 5) is 0. The summed E-state index contributed by atoms with van der Waals surface area (Å²) in [5.74, 6) is 0. The molecule has 0 spiro atoms. The molecule has 0 bridgehead atoms. The molecule has 0 N–H and O–H groups in total. The van der Waals surface area contributed by atoms with E-state index in [2.05, 4.69) is 39.8 Å². The summed E-state index contributed by atoms with van der Waals surface area (Å²) in [7, 11) is 14.5. The third-order valence-electron chi connectivity index (χ3n) is 5.03. The summed E-state index contributed by atoms with van der Waals surface area (Å²) in [5, 5.41) is 0. The number of unbranched alkanes of at least 4 members (excludes halogenated alkanes) is 2. The second kappa shape index (κ2) is 8.68. The Balaban J connectivity index is 2.33. The third kappa shape index (κ3) is 4.34. The molecular weight excluding hydrogens is 402 g/mol. The van der Waals surface area contributed by atoms with Gasteiger partial charge in [-0.3, -0.25) is 0 Å². The van der Waals surface area contributed by atoms with Crippen LogP contribution in [0.25, 0.3) is 0 Å². The molecule has 0 aromatic heterocycles. The molecule has 23 heavy (non-hydrogen) atoms. The van der Waals surface area contributed by atoms with Gasteiger partial charge in [-0.05, 0) is 0 Å². The summed E-state index contributed by atoms with van der Waals surface area (Å²) < 4.78 is 2.80. The van der Waals surface area contributed by atoms with Gasteiger partial charge in [0.1, 0.15) is 0 Å². The molecule has 128 valence electrons. The predicted octanol–water partition coefficient (Wildman–Crippen LogP) is 8.04. The van der Waals surface area contributed by atoms with E-state index < -0.39 is 17.9 Å². The van der Waals surface area contributed by atoms with Crippen molar-refractivity contribution in [1.29, 1.82) is 0 Å².